The highest BCUT2D eigenvalue weighted by Gasteiger charge is 2.22. The molecule has 2 aliphatic heterocycles. The summed E-state index contributed by atoms with van der Waals surface area (Å²) in [5.41, 5.74) is 3.04. The molecular formula is C17H26N2S. The Morgan fingerprint density at radius 1 is 1.25 bits per heavy atom. The molecule has 0 spiro atoms. The zero-order chi connectivity index (χ0) is 13.8. The summed E-state index contributed by atoms with van der Waals surface area (Å²) < 4.78 is 0. The molecule has 3 rings (SSSR count). The Morgan fingerprint density at radius 3 is 2.90 bits per heavy atom. The Morgan fingerprint density at radius 2 is 2.05 bits per heavy atom. The smallest absolute Gasteiger partial charge is 0.0417 e. The minimum absolute atomic E-state index is 0.532. The van der Waals surface area contributed by atoms with Crippen molar-refractivity contribution < 1.29 is 0 Å². The molecule has 2 nitrogen and oxygen atoms in total. The van der Waals surface area contributed by atoms with Gasteiger partial charge in [0.15, 0.2) is 0 Å². The van der Waals surface area contributed by atoms with Gasteiger partial charge >= 0.3 is 0 Å². The Labute approximate surface area is 127 Å². The van der Waals surface area contributed by atoms with Crippen LogP contribution in [0.15, 0.2) is 24.3 Å². The lowest BCUT2D eigenvalue weighted by atomic mass is 10.0. The standard InChI is InChI=1S/C17H26N2S/c1-14(11-19-9-5-2-6-10-19)18-17-13-20-12-15-7-3-4-8-16(15)17/h3-4,7-8,14,17-18H,2,5-6,9-13H2,1H3. The van der Waals surface area contributed by atoms with Gasteiger partial charge in [-0.15, -0.1) is 0 Å². The maximum atomic E-state index is 3.86. The minimum atomic E-state index is 0.532. The van der Waals surface area contributed by atoms with Gasteiger partial charge in [0.2, 0.25) is 0 Å². The Kier molecular flexibility index (Phi) is 5.03. The monoisotopic (exact) mass is 290 g/mol. The molecule has 0 aromatic heterocycles. The zero-order valence-electron chi connectivity index (χ0n) is 12.5. The molecule has 1 aromatic rings. The summed E-state index contributed by atoms with van der Waals surface area (Å²) >= 11 is 2.06. The molecular weight excluding hydrogens is 264 g/mol. The van der Waals surface area contributed by atoms with Crippen LogP contribution in [0.3, 0.4) is 0 Å². The molecule has 1 saturated heterocycles. The van der Waals surface area contributed by atoms with E-state index in [0.29, 0.717) is 12.1 Å². The molecule has 0 amide bonds. The first-order chi connectivity index (χ1) is 9.83. The second kappa shape index (κ2) is 6.97. The van der Waals surface area contributed by atoms with Crippen LogP contribution in [0.2, 0.25) is 0 Å². The normalized spacial score (nSPS) is 25.1. The summed E-state index contributed by atoms with van der Waals surface area (Å²) in [4.78, 5) is 2.63. The van der Waals surface area contributed by atoms with Gasteiger partial charge in [-0.25, -0.2) is 0 Å². The predicted molar refractivity (Wildman–Crippen MR) is 88.2 cm³/mol. The van der Waals surface area contributed by atoms with E-state index in [-0.39, 0.29) is 0 Å². The first-order valence-electron chi connectivity index (χ1n) is 7.97. The highest BCUT2D eigenvalue weighted by molar-refractivity contribution is 7.98. The van der Waals surface area contributed by atoms with E-state index in [0.717, 1.165) is 0 Å². The van der Waals surface area contributed by atoms with Crippen molar-refractivity contribution in [2.45, 2.75) is 44.0 Å². The van der Waals surface area contributed by atoms with Crippen molar-refractivity contribution >= 4 is 11.8 Å². The van der Waals surface area contributed by atoms with Crippen molar-refractivity contribution in [2.24, 2.45) is 0 Å². The maximum absolute atomic E-state index is 3.86. The van der Waals surface area contributed by atoms with Gasteiger partial charge in [-0.3, -0.25) is 0 Å². The fourth-order valence-electron chi connectivity index (χ4n) is 3.45. The minimum Gasteiger partial charge on any atom is -0.305 e. The second-order valence-electron chi connectivity index (χ2n) is 6.20. The number of thioether (sulfide) groups is 1. The largest absolute Gasteiger partial charge is 0.305 e. The number of rotatable bonds is 4. The quantitative estimate of drug-likeness (QED) is 0.914. The molecule has 1 N–H and O–H groups in total. The summed E-state index contributed by atoms with van der Waals surface area (Å²) in [6, 6.07) is 10.0. The number of benzene rings is 1. The third-order valence-corrected chi connectivity index (χ3v) is 5.52. The van der Waals surface area contributed by atoms with Crippen molar-refractivity contribution in [2.75, 3.05) is 25.4 Å². The molecule has 110 valence electrons. The lowest BCUT2D eigenvalue weighted by molar-refractivity contribution is 0.205. The highest BCUT2D eigenvalue weighted by atomic mass is 32.2. The van der Waals surface area contributed by atoms with Crippen LogP contribution in [0.1, 0.15) is 43.4 Å². The molecule has 0 aliphatic carbocycles. The number of nitrogens with one attached hydrogen (secondary N) is 1. The summed E-state index contributed by atoms with van der Waals surface area (Å²) in [6.07, 6.45) is 4.19. The number of hydrogen-bond acceptors (Lipinski definition) is 3. The summed E-state index contributed by atoms with van der Waals surface area (Å²) in [5, 5.41) is 3.86. The van der Waals surface area contributed by atoms with Crippen LogP contribution in [0.5, 0.6) is 0 Å². The third kappa shape index (κ3) is 3.57. The summed E-state index contributed by atoms with van der Waals surface area (Å²) in [7, 11) is 0. The number of likely N-dealkylation sites (tertiary alicyclic amines) is 1. The summed E-state index contributed by atoms with van der Waals surface area (Å²) in [5.74, 6) is 2.39. The van der Waals surface area contributed by atoms with Crippen molar-refractivity contribution in [1.82, 2.24) is 10.2 Å². The molecule has 0 saturated carbocycles. The highest BCUT2D eigenvalue weighted by Crippen LogP contribution is 2.31. The molecule has 2 unspecified atom stereocenters. The molecule has 0 radical (unpaired) electrons. The van der Waals surface area contributed by atoms with E-state index in [4.69, 9.17) is 0 Å². The average molecular weight is 290 g/mol. The molecule has 1 fully saturated rings. The van der Waals surface area contributed by atoms with Gasteiger partial charge in [-0.1, -0.05) is 30.7 Å². The number of piperidine rings is 1. The van der Waals surface area contributed by atoms with Crippen LogP contribution in [-0.4, -0.2) is 36.3 Å². The van der Waals surface area contributed by atoms with Crippen LogP contribution >= 0.6 is 11.8 Å². The van der Waals surface area contributed by atoms with Crippen molar-refractivity contribution in [3.63, 3.8) is 0 Å². The van der Waals surface area contributed by atoms with Gasteiger partial charge in [0, 0.05) is 30.1 Å². The van der Waals surface area contributed by atoms with Crippen LogP contribution in [0, 0.1) is 0 Å². The summed E-state index contributed by atoms with van der Waals surface area (Å²) in [6.45, 7) is 6.13. The fourth-order valence-corrected chi connectivity index (χ4v) is 4.56. The Bertz CT molecular complexity index is 429. The van der Waals surface area contributed by atoms with Gasteiger partial charge in [0.05, 0.1) is 0 Å². The van der Waals surface area contributed by atoms with E-state index < -0.39 is 0 Å². The molecule has 20 heavy (non-hydrogen) atoms. The molecule has 1 aromatic carbocycles. The van der Waals surface area contributed by atoms with Crippen molar-refractivity contribution in [1.29, 1.82) is 0 Å². The Balaban J connectivity index is 1.57. The van der Waals surface area contributed by atoms with Gasteiger partial charge < -0.3 is 10.2 Å². The predicted octanol–water partition coefficient (Wildman–Crippen LogP) is 3.44. The number of fused-ring (bicyclic) bond motifs is 1. The van der Waals surface area contributed by atoms with Gasteiger partial charge in [0.1, 0.15) is 0 Å². The number of nitrogens with zero attached hydrogens (tertiary/aromatic N) is 1. The van der Waals surface area contributed by atoms with E-state index >= 15 is 0 Å². The van der Waals surface area contributed by atoms with Crippen LogP contribution in [0.4, 0.5) is 0 Å². The van der Waals surface area contributed by atoms with Crippen molar-refractivity contribution in [3.05, 3.63) is 35.4 Å². The maximum Gasteiger partial charge on any atom is 0.0417 e. The first kappa shape index (κ1) is 14.4. The molecule has 3 heteroatoms. The van der Waals surface area contributed by atoms with E-state index in [1.807, 2.05) is 0 Å². The SMILES string of the molecule is CC(CN1CCCCC1)NC1CSCc2ccccc21. The van der Waals surface area contributed by atoms with Gasteiger partial charge in [0.25, 0.3) is 0 Å². The zero-order valence-corrected chi connectivity index (χ0v) is 13.3. The molecule has 2 heterocycles. The Hall–Kier alpha value is -0.510. The molecule has 2 atom stereocenters. The fraction of sp³-hybridized carbons (Fsp3) is 0.647. The lowest BCUT2D eigenvalue weighted by Crippen LogP contribution is -2.43. The topological polar surface area (TPSA) is 15.3 Å². The van der Waals surface area contributed by atoms with E-state index in [9.17, 15) is 0 Å². The van der Waals surface area contributed by atoms with E-state index in [1.165, 1.54) is 61.5 Å². The first-order valence-corrected chi connectivity index (χ1v) is 9.12. The van der Waals surface area contributed by atoms with E-state index in [1.54, 1.807) is 0 Å². The van der Waals surface area contributed by atoms with Gasteiger partial charge in [-0.05, 0) is 44.0 Å². The molecule has 2 aliphatic rings. The van der Waals surface area contributed by atoms with Gasteiger partial charge in [-0.2, -0.15) is 11.8 Å². The van der Waals surface area contributed by atoms with Crippen LogP contribution < -0.4 is 5.32 Å². The van der Waals surface area contributed by atoms with Crippen molar-refractivity contribution in [3.8, 4) is 0 Å². The molecule has 0 bridgehead atoms. The van der Waals surface area contributed by atoms with Crippen LogP contribution in [-0.2, 0) is 5.75 Å². The van der Waals surface area contributed by atoms with E-state index in [2.05, 4.69) is 53.2 Å². The average Bonchev–Trinajstić information content (AvgIpc) is 2.48. The number of hydrogen-bond donors (Lipinski definition) is 1. The lowest BCUT2D eigenvalue weighted by Gasteiger charge is -2.33. The third-order valence-electron chi connectivity index (χ3n) is 4.44. The second-order valence-corrected chi connectivity index (χ2v) is 7.23. The van der Waals surface area contributed by atoms with Crippen LogP contribution in [0.25, 0.3) is 0 Å².